The molecule has 38 heavy (non-hydrogen) atoms. The number of methoxy groups -OCH3 is 1. The number of aliphatic hydroxyl groups excluding tert-OH is 1. The molecule has 5 rings (SSSR count). The van der Waals surface area contributed by atoms with Gasteiger partial charge in [0.1, 0.15) is 23.7 Å². The molecule has 0 bridgehead atoms. The fraction of sp³-hybridized carbons (Fsp3) is 0.407. The average molecular weight is 563 g/mol. The highest BCUT2D eigenvalue weighted by Gasteiger charge is 2.35. The van der Waals surface area contributed by atoms with E-state index in [1.165, 1.54) is 30.0 Å². The van der Waals surface area contributed by atoms with E-state index < -0.39 is 23.6 Å². The van der Waals surface area contributed by atoms with Crippen LogP contribution in [0.15, 0.2) is 46.6 Å². The zero-order valence-corrected chi connectivity index (χ0v) is 22.9. The molecule has 0 saturated carbocycles. The molecule has 1 N–H and O–H groups in total. The summed E-state index contributed by atoms with van der Waals surface area (Å²) >= 11 is 8.26. The van der Waals surface area contributed by atoms with Gasteiger partial charge in [-0.05, 0) is 38.1 Å². The van der Waals surface area contributed by atoms with Crippen LogP contribution >= 0.6 is 23.4 Å². The normalized spacial score (nSPS) is 22.9. The van der Waals surface area contributed by atoms with Crippen molar-refractivity contribution < 1.29 is 18.6 Å². The lowest BCUT2D eigenvalue weighted by molar-refractivity contribution is -0.0208. The Morgan fingerprint density at radius 2 is 1.95 bits per heavy atom. The quantitative estimate of drug-likeness (QED) is 0.459. The summed E-state index contributed by atoms with van der Waals surface area (Å²) in [6, 6.07) is 4.98. The topological polar surface area (TPSA) is 70.8 Å². The molecule has 0 aliphatic carbocycles. The van der Waals surface area contributed by atoms with E-state index in [4.69, 9.17) is 16.3 Å². The van der Waals surface area contributed by atoms with Crippen LogP contribution in [-0.2, 0) is 11.3 Å². The van der Waals surface area contributed by atoms with Crippen LogP contribution in [0.5, 0.6) is 0 Å². The Hall–Kier alpha value is -2.50. The van der Waals surface area contributed by atoms with Gasteiger partial charge in [-0.1, -0.05) is 18.2 Å². The smallest absolute Gasteiger partial charge is 0.350 e. The summed E-state index contributed by atoms with van der Waals surface area (Å²) in [7, 11) is 1.58. The van der Waals surface area contributed by atoms with Gasteiger partial charge in [0.05, 0.1) is 23.2 Å². The van der Waals surface area contributed by atoms with Gasteiger partial charge in [0.25, 0.3) is 0 Å². The van der Waals surface area contributed by atoms with Gasteiger partial charge in [0.15, 0.2) is 0 Å². The third-order valence-electron chi connectivity index (χ3n) is 7.29. The van der Waals surface area contributed by atoms with Gasteiger partial charge in [-0.25, -0.2) is 13.6 Å². The third-order valence-corrected chi connectivity index (χ3v) is 8.81. The van der Waals surface area contributed by atoms with Crippen LogP contribution in [0.3, 0.4) is 0 Å². The maximum Gasteiger partial charge on any atom is 0.350 e. The van der Waals surface area contributed by atoms with E-state index >= 15 is 4.39 Å². The maximum absolute atomic E-state index is 15.0. The number of anilines is 1. The SMILES string of the molecule is C=CC(O)N1[C@H](C)CN(c2nc(=O)n3c4c(c(-c5ccc(F)cc5F)c(Cl)cc24)SC[C@H](OC)C3)C[C@@H]1C. The molecular weight excluding hydrogens is 534 g/mol. The van der Waals surface area contributed by atoms with Crippen molar-refractivity contribution in [2.45, 2.75) is 49.7 Å². The van der Waals surface area contributed by atoms with Gasteiger partial charge in [-0.3, -0.25) is 9.47 Å². The molecule has 202 valence electrons. The Labute approximate surface area is 228 Å². The lowest BCUT2D eigenvalue weighted by atomic mass is 10.0. The maximum atomic E-state index is 15.0. The highest BCUT2D eigenvalue weighted by atomic mass is 35.5. The van der Waals surface area contributed by atoms with Crippen molar-refractivity contribution in [1.29, 1.82) is 0 Å². The number of hydrogen-bond acceptors (Lipinski definition) is 7. The molecule has 2 aromatic carbocycles. The fourth-order valence-electron chi connectivity index (χ4n) is 5.58. The molecule has 11 heteroatoms. The second kappa shape index (κ2) is 10.6. The first-order valence-corrected chi connectivity index (χ1v) is 13.7. The molecule has 0 spiro atoms. The second-order valence-corrected chi connectivity index (χ2v) is 11.2. The van der Waals surface area contributed by atoms with Crippen molar-refractivity contribution in [2.24, 2.45) is 0 Å². The Morgan fingerprint density at radius 3 is 2.58 bits per heavy atom. The largest absolute Gasteiger partial charge is 0.379 e. The molecule has 4 atom stereocenters. The molecule has 3 aromatic rings. The van der Waals surface area contributed by atoms with Gasteiger partial charge in [0.2, 0.25) is 0 Å². The summed E-state index contributed by atoms with van der Waals surface area (Å²) < 4.78 is 35.9. The van der Waals surface area contributed by atoms with Crippen LogP contribution < -0.4 is 10.6 Å². The molecule has 0 amide bonds. The zero-order valence-electron chi connectivity index (χ0n) is 21.3. The first kappa shape index (κ1) is 27.1. The number of aromatic nitrogens is 2. The highest BCUT2D eigenvalue weighted by molar-refractivity contribution is 7.99. The number of hydrogen-bond donors (Lipinski definition) is 1. The van der Waals surface area contributed by atoms with E-state index in [0.29, 0.717) is 46.0 Å². The van der Waals surface area contributed by atoms with Crippen molar-refractivity contribution in [3.8, 4) is 11.1 Å². The Kier molecular flexibility index (Phi) is 7.54. The van der Waals surface area contributed by atoms with E-state index in [9.17, 15) is 14.3 Å². The van der Waals surface area contributed by atoms with Crippen LogP contribution in [0.4, 0.5) is 14.6 Å². The van der Waals surface area contributed by atoms with E-state index in [2.05, 4.69) is 11.6 Å². The summed E-state index contributed by atoms with van der Waals surface area (Å²) in [4.78, 5) is 22.6. The predicted molar refractivity (Wildman–Crippen MR) is 147 cm³/mol. The van der Waals surface area contributed by atoms with Gasteiger partial charge in [0, 0.05) is 65.5 Å². The van der Waals surface area contributed by atoms with Gasteiger partial charge >= 0.3 is 5.69 Å². The predicted octanol–water partition coefficient (Wildman–Crippen LogP) is 4.52. The summed E-state index contributed by atoms with van der Waals surface area (Å²) in [6.07, 6.45) is 0.429. The van der Waals surface area contributed by atoms with Crippen molar-refractivity contribution in [3.05, 3.63) is 64.1 Å². The van der Waals surface area contributed by atoms with Crippen LogP contribution in [0.1, 0.15) is 13.8 Å². The molecule has 2 aliphatic heterocycles. The fourth-order valence-corrected chi connectivity index (χ4v) is 7.26. The van der Waals surface area contributed by atoms with Crippen LogP contribution in [-0.4, -0.2) is 69.9 Å². The van der Waals surface area contributed by atoms with E-state index in [-0.39, 0.29) is 35.3 Å². The van der Waals surface area contributed by atoms with Crippen molar-refractivity contribution in [2.75, 3.05) is 30.9 Å². The molecular formula is C27H29ClF2N4O3S. The standard InChI is InChI=1S/C27H29ClF2N4O3S/c1-5-22(35)34-14(2)10-32(11-15(34)3)26-19-9-20(28)23(18-7-6-16(29)8-21(18)30)25-24(19)33(27(36)31-26)12-17(37-4)13-38-25/h5-9,14-15,17,22,35H,1,10-13H2,2-4H3/t14-,15+,17-,22?/m1/s1. The molecule has 1 saturated heterocycles. The summed E-state index contributed by atoms with van der Waals surface area (Å²) in [5.41, 5.74) is 0.717. The van der Waals surface area contributed by atoms with Crippen molar-refractivity contribution in [1.82, 2.24) is 14.5 Å². The molecule has 7 nitrogen and oxygen atoms in total. The van der Waals surface area contributed by atoms with Crippen molar-refractivity contribution >= 4 is 40.1 Å². The van der Waals surface area contributed by atoms with E-state index in [1.807, 2.05) is 23.6 Å². The number of thioether (sulfide) groups is 1. The highest BCUT2D eigenvalue weighted by Crippen LogP contribution is 2.46. The van der Waals surface area contributed by atoms with Crippen LogP contribution in [0.2, 0.25) is 5.02 Å². The molecule has 0 radical (unpaired) electrons. The molecule has 1 fully saturated rings. The lowest BCUT2D eigenvalue weighted by Gasteiger charge is -2.46. The van der Waals surface area contributed by atoms with Gasteiger partial charge in [-0.2, -0.15) is 4.98 Å². The van der Waals surface area contributed by atoms with Crippen LogP contribution in [0, 0.1) is 11.6 Å². The average Bonchev–Trinajstić information content (AvgIpc) is 3.07. The summed E-state index contributed by atoms with van der Waals surface area (Å²) in [5, 5.41) is 11.4. The Balaban J connectivity index is 1.74. The number of halogens is 3. The monoisotopic (exact) mass is 562 g/mol. The molecule has 1 unspecified atom stereocenters. The minimum absolute atomic E-state index is 0.0588. The number of rotatable bonds is 5. The number of benzene rings is 2. The van der Waals surface area contributed by atoms with Crippen LogP contribution in [0.25, 0.3) is 22.0 Å². The Bertz CT molecular complexity index is 1460. The van der Waals surface area contributed by atoms with E-state index in [1.54, 1.807) is 17.7 Å². The first-order chi connectivity index (χ1) is 18.1. The van der Waals surface area contributed by atoms with Gasteiger partial charge in [-0.15, -0.1) is 11.8 Å². The Morgan fingerprint density at radius 1 is 1.24 bits per heavy atom. The second-order valence-electron chi connectivity index (χ2n) is 9.78. The minimum atomic E-state index is -0.787. The van der Waals surface area contributed by atoms with Gasteiger partial charge < -0.3 is 14.7 Å². The number of ether oxygens (including phenoxy) is 1. The minimum Gasteiger partial charge on any atom is -0.379 e. The van der Waals surface area contributed by atoms with E-state index in [0.717, 1.165) is 6.07 Å². The first-order valence-electron chi connectivity index (χ1n) is 12.4. The zero-order chi connectivity index (χ0) is 27.3. The third kappa shape index (κ3) is 4.62. The number of nitrogens with zero attached hydrogens (tertiary/aromatic N) is 4. The summed E-state index contributed by atoms with van der Waals surface area (Å²) in [5.74, 6) is -0.435. The number of piperazine rings is 1. The molecule has 3 heterocycles. The summed E-state index contributed by atoms with van der Waals surface area (Å²) in [6.45, 7) is 9.00. The lowest BCUT2D eigenvalue weighted by Crippen LogP contribution is -2.60. The number of aliphatic hydroxyl groups is 1. The molecule has 2 aliphatic rings. The molecule has 1 aromatic heterocycles. The van der Waals surface area contributed by atoms with Crippen molar-refractivity contribution in [3.63, 3.8) is 0 Å².